The second-order valence-corrected chi connectivity index (χ2v) is 7.56. The Hall–Kier alpha value is -1.25. The molecule has 0 amide bonds. The minimum Gasteiger partial charge on any atom is -0.487 e. The number of ether oxygens (including phenoxy) is 1. The molecule has 19 heavy (non-hydrogen) atoms. The third-order valence-electron chi connectivity index (χ3n) is 4.96. The maximum Gasteiger partial charge on any atom is 0.172 e. The lowest BCUT2D eigenvalue weighted by Crippen LogP contribution is -2.39. The second kappa shape index (κ2) is 3.44. The van der Waals surface area contributed by atoms with E-state index in [2.05, 4.69) is 36.7 Å². The lowest BCUT2D eigenvalue weighted by Gasteiger charge is -2.35. The van der Waals surface area contributed by atoms with Crippen LogP contribution in [0.3, 0.4) is 0 Å². The number of hydrogen-bond donors (Lipinski definition) is 0. The monoisotopic (exact) mass is 258 g/mol. The number of nitrogens with zero attached hydrogens (tertiary/aromatic N) is 2. The van der Waals surface area contributed by atoms with Crippen molar-refractivity contribution < 1.29 is 4.74 Å². The Bertz CT molecular complexity index is 528. The summed E-state index contributed by atoms with van der Waals surface area (Å²) in [5.74, 6) is 2.12. The fraction of sp³-hybridized carbons (Fsp3) is 0.688. The van der Waals surface area contributed by atoms with Crippen molar-refractivity contribution >= 4 is 5.82 Å². The highest BCUT2D eigenvalue weighted by Gasteiger charge is 2.54. The molecule has 1 aromatic heterocycles. The van der Waals surface area contributed by atoms with Crippen LogP contribution >= 0.6 is 0 Å². The Labute approximate surface area is 115 Å². The van der Waals surface area contributed by atoms with Crippen LogP contribution < -0.4 is 9.64 Å². The Balaban J connectivity index is 1.78. The van der Waals surface area contributed by atoms with Crippen molar-refractivity contribution in [1.29, 1.82) is 0 Å². The van der Waals surface area contributed by atoms with Crippen molar-refractivity contribution in [3.63, 3.8) is 0 Å². The Morgan fingerprint density at radius 2 is 2.16 bits per heavy atom. The molecule has 3 heteroatoms. The van der Waals surface area contributed by atoms with Gasteiger partial charge in [-0.25, -0.2) is 4.98 Å². The van der Waals surface area contributed by atoms with Crippen molar-refractivity contribution in [2.45, 2.75) is 51.5 Å². The molecule has 1 aliphatic carbocycles. The van der Waals surface area contributed by atoms with E-state index in [1.54, 1.807) is 0 Å². The summed E-state index contributed by atoms with van der Waals surface area (Å²) in [5.41, 5.74) is 2.00. The van der Waals surface area contributed by atoms with Crippen LogP contribution in [0.15, 0.2) is 12.3 Å². The van der Waals surface area contributed by atoms with Gasteiger partial charge in [0.05, 0.1) is 6.04 Å². The van der Waals surface area contributed by atoms with Crippen LogP contribution in [0.2, 0.25) is 0 Å². The SMILES string of the molecule is CC(C)(C)c1ccnc2c1OCC1CC3(CC3)CN21. The quantitative estimate of drug-likeness (QED) is 0.715. The molecule has 3 aliphatic rings. The molecule has 0 aromatic carbocycles. The minimum absolute atomic E-state index is 0.108. The lowest BCUT2D eigenvalue weighted by atomic mass is 9.86. The number of hydrogen-bond acceptors (Lipinski definition) is 3. The highest BCUT2D eigenvalue weighted by molar-refractivity contribution is 5.61. The molecule has 1 spiro atoms. The number of pyridine rings is 1. The first-order valence-corrected chi connectivity index (χ1v) is 7.38. The average molecular weight is 258 g/mol. The first-order valence-electron chi connectivity index (χ1n) is 7.38. The van der Waals surface area contributed by atoms with Crippen molar-refractivity contribution in [1.82, 2.24) is 4.98 Å². The fourth-order valence-corrected chi connectivity index (χ4v) is 3.65. The first-order chi connectivity index (χ1) is 8.99. The van der Waals surface area contributed by atoms with Crippen LogP contribution in [0.4, 0.5) is 5.82 Å². The molecule has 3 heterocycles. The van der Waals surface area contributed by atoms with E-state index >= 15 is 0 Å². The van der Waals surface area contributed by atoms with Gasteiger partial charge in [-0.1, -0.05) is 20.8 Å². The van der Waals surface area contributed by atoms with Crippen molar-refractivity contribution in [2.75, 3.05) is 18.1 Å². The van der Waals surface area contributed by atoms with Gasteiger partial charge in [-0.3, -0.25) is 0 Å². The van der Waals surface area contributed by atoms with Gasteiger partial charge in [0, 0.05) is 18.3 Å². The largest absolute Gasteiger partial charge is 0.487 e. The van der Waals surface area contributed by atoms with Crippen LogP contribution in [-0.2, 0) is 5.41 Å². The van der Waals surface area contributed by atoms with Gasteiger partial charge in [-0.2, -0.15) is 0 Å². The number of fused-ring (bicyclic) bond motifs is 3. The third-order valence-corrected chi connectivity index (χ3v) is 4.96. The molecule has 1 aromatic rings. The molecule has 0 N–H and O–H groups in total. The highest BCUT2D eigenvalue weighted by atomic mass is 16.5. The molecule has 2 fully saturated rings. The molecular weight excluding hydrogens is 236 g/mol. The summed E-state index contributed by atoms with van der Waals surface area (Å²) in [6.07, 6.45) is 6.04. The highest BCUT2D eigenvalue weighted by Crippen LogP contribution is 2.57. The first kappa shape index (κ1) is 11.6. The summed E-state index contributed by atoms with van der Waals surface area (Å²) in [5, 5.41) is 0. The van der Waals surface area contributed by atoms with Crippen LogP contribution in [0.1, 0.15) is 45.6 Å². The lowest BCUT2D eigenvalue weighted by molar-refractivity contribution is 0.260. The zero-order valence-electron chi connectivity index (χ0n) is 12.1. The van der Waals surface area contributed by atoms with Crippen molar-refractivity contribution in [2.24, 2.45) is 5.41 Å². The smallest absolute Gasteiger partial charge is 0.172 e. The molecule has 1 saturated heterocycles. The number of anilines is 1. The van der Waals surface area contributed by atoms with Crippen LogP contribution in [0, 0.1) is 5.41 Å². The molecule has 2 aliphatic heterocycles. The van der Waals surface area contributed by atoms with Crippen molar-refractivity contribution in [3.05, 3.63) is 17.8 Å². The maximum absolute atomic E-state index is 6.11. The minimum atomic E-state index is 0.108. The molecular formula is C16H22N2O. The van der Waals surface area contributed by atoms with Gasteiger partial charge >= 0.3 is 0 Å². The predicted molar refractivity (Wildman–Crippen MR) is 75.9 cm³/mol. The van der Waals surface area contributed by atoms with Gasteiger partial charge in [0.15, 0.2) is 11.6 Å². The summed E-state index contributed by atoms with van der Waals surface area (Å²) in [7, 11) is 0. The van der Waals surface area contributed by atoms with E-state index in [1.807, 2.05) is 6.20 Å². The van der Waals surface area contributed by atoms with Crippen LogP contribution in [-0.4, -0.2) is 24.2 Å². The molecule has 3 nitrogen and oxygen atoms in total. The van der Waals surface area contributed by atoms with Crippen LogP contribution in [0.25, 0.3) is 0 Å². The van der Waals surface area contributed by atoms with Gasteiger partial charge in [0.25, 0.3) is 0 Å². The zero-order valence-corrected chi connectivity index (χ0v) is 12.1. The van der Waals surface area contributed by atoms with Gasteiger partial charge in [-0.05, 0) is 36.2 Å². The predicted octanol–water partition coefficient (Wildman–Crippen LogP) is 3.13. The maximum atomic E-state index is 6.11. The summed E-state index contributed by atoms with van der Waals surface area (Å²) in [4.78, 5) is 7.15. The fourth-order valence-electron chi connectivity index (χ4n) is 3.65. The van der Waals surface area contributed by atoms with E-state index in [1.165, 1.54) is 31.4 Å². The summed E-state index contributed by atoms with van der Waals surface area (Å²) < 4.78 is 6.11. The van der Waals surface area contributed by atoms with E-state index in [4.69, 9.17) is 4.74 Å². The molecule has 0 bridgehead atoms. The standard InChI is InChI=1S/C16H22N2O/c1-15(2,3)12-4-7-17-14-13(12)19-9-11-8-16(5-6-16)10-18(11)14/h4,7,11H,5-6,8-10H2,1-3H3. The van der Waals surface area contributed by atoms with E-state index in [9.17, 15) is 0 Å². The molecule has 1 unspecified atom stereocenters. The topological polar surface area (TPSA) is 25.4 Å². The number of aromatic nitrogens is 1. The Kier molecular flexibility index (Phi) is 2.09. The second-order valence-electron chi connectivity index (χ2n) is 7.56. The summed E-state index contributed by atoms with van der Waals surface area (Å²) >= 11 is 0. The van der Waals surface area contributed by atoms with Gasteiger partial charge in [0.1, 0.15) is 6.61 Å². The van der Waals surface area contributed by atoms with Crippen LogP contribution in [0.5, 0.6) is 5.75 Å². The number of rotatable bonds is 0. The Morgan fingerprint density at radius 1 is 1.37 bits per heavy atom. The third kappa shape index (κ3) is 1.67. The van der Waals surface area contributed by atoms with E-state index in [0.717, 1.165) is 18.2 Å². The average Bonchev–Trinajstić information content (AvgIpc) is 2.98. The molecule has 102 valence electrons. The van der Waals surface area contributed by atoms with Gasteiger partial charge < -0.3 is 9.64 Å². The molecule has 1 saturated carbocycles. The summed E-state index contributed by atoms with van der Waals surface area (Å²) in [6.45, 7) is 8.75. The van der Waals surface area contributed by atoms with E-state index in [0.29, 0.717) is 11.5 Å². The molecule has 1 atom stereocenters. The Morgan fingerprint density at radius 3 is 2.84 bits per heavy atom. The summed E-state index contributed by atoms with van der Waals surface area (Å²) in [6, 6.07) is 2.67. The van der Waals surface area contributed by atoms with E-state index in [-0.39, 0.29) is 5.41 Å². The van der Waals surface area contributed by atoms with Crippen molar-refractivity contribution in [3.8, 4) is 5.75 Å². The van der Waals surface area contributed by atoms with E-state index < -0.39 is 0 Å². The van der Waals surface area contributed by atoms with Gasteiger partial charge in [0.2, 0.25) is 0 Å². The normalized spacial score (nSPS) is 26.9. The zero-order chi connectivity index (χ0) is 13.3. The van der Waals surface area contributed by atoms with Gasteiger partial charge in [-0.15, -0.1) is 0 Å². The molecule has 0 radical (unpaired) electrons. The molecule has 4 rings (SSSR count).